The number of hydrogen-bond donors (Lipinski definition) is 0. The van der Waals surface area contributed by atoms with Crippen molar-refractivity contribution < 1.29 is 28.6 Å². The summed E-state index contributed by atoms with van der Waals surface area (Å²) in [6.07, 6.45) is 1.31. The largest absolute Gasteiger partial charge is 0.465 e. The summed E-state index contributed by atoms with van der Waals surface area (Å²) in [6.45, 7) is 4.29. The molecule has 2 amide bonds. The van der Waals surface area contributed by atoms with E-state index in [1.54, 1.807) is 6.07 Å². The minimum atomic E-state index is -0.866. The van der Waals surface area contributed by atoms with E-state index in [4.69, 9.17) is 14.2 Å². The maximum absolute atomic E-state index is 12.4. The lowest BCUT2D eigenvalue weighted by atomic mass is 10.3. The average molecular weight is 483 g/mol. The molecule has 1 aromatic heterocycles. The number of nitrogens with zero attached hydrogens (tertiary/aromatic N) is 1. The molecule has 0 fully saturated rings. The van der Waals surface area contributed by atoms with Crippen LogP contribution in [0.3, 0.4) is 0 Å². The van der Waals surface area contributed by atoms with Gasteiger partial charge in [-0.15, -0.1) is 11.3 Å². The van der Waals surface area contributed by atoms with Crippen molar-refractivity contribution in [3.63, 3.8) is 0 Å². The molecule has 0 aliphatic rings. The average Bonchev–Trinajstić information content (AvgIpc) is 2.96. The molecule has 0 radical (unpaired) electrons. The Bertz CT molecular complexity index is 581. The maximum atomic E-state index is 12.4. The van der Waals surface area contributed by atoms with Gasteiger partial charge in [-0.3, -0.25) is 0 Å². The number of carbonyl (C=O) groups excluding carboxylic acids is 3. The monoisotopic (exact) mass is 483 g/mol. The number of esters is 1. The minimum Gasteiger partial charge on any atom is -0.465 e. The second-order valence-electron chi connectivity index (χ2n) is 5.03. The Hall–Kier alpha value is -1.36. The number of unbranched alkanes of at least 4 members (excludes halogenated alkanes) is 2. The van der Waals surface area contributed by atoms with Crippen LogP contribution in [0.5, 0.6) is 0 Å². The Morgan fingerprint density at radius 1 is 1.08 bits per heavy atom. The van der Waals surface area contributed by atoms with Crippen molar-refractivity contribution in [1.29, 1.82) is 0 Å². The molecule has 0 aliphatic carbocycles. The highest BCUT2D eigenvalue weighted by Gasteiger charge is 2.32. The van der Waals surface area contributed by atoms with Gasteiger partial charge in [-0.25, -0.2) is 14.4 Å². The Labute approximate surface area is 164 Å². The third-order valence-electron chi connectivity index (χ3n) is 3.11. The first-order chi connectivity index (χ1) is 12.0. The third kappa shape index (κ3) is 6.46. The predicted octanol–water partition coefficient (Wildman–Crippen LogP) is 4.82. The van der Waals surface area contributed by atoms with E-state index in [9.17, 15) is 14.4 Å². The number of imide groups is 1. The summed E-state index contributed by atoms with van der Waals surface area (Å²) in [4.78, 5) is 37.7. The topological polar surface area (TPSA) is 82.1 Å². The molecule has 1 heterocycles. The van der Waals surface area contributed by atoms with Crippen molar-refractivity contribution in [2.45, 2.75) is 39.5 Å². The van der Waals surface area contributed by atoms with Gasteiger partial charge in [0.05, 0.1) is 28.9 Å². The molecule has 0 saturated heterocycles. The smallest absolute Gasteiger partial charge is 0.424 e. The molecule has 0 unspecified atom stereocenters. The fourth-order valence-electron chi connectivity index (χ4n) is 1.77. The molecule has 1 rings (SSSR count). The van der Waals surface area contributed by atoms with Crippen LogP contribution in [-0.4, -0.2) is 38.5 Å². The summed E-state index contributed by atoms with van der Waals surface area (Å²) in [5.74, 6) is -0.629. The second-order valence-corrected chi connectivity index (χ2v) is 7.97. The van der Waals surface area contributed by atoms with Crippen molar-refractivity contribution in [3.05, 3.63) is 13.8 Å². The lowest BCUT2D eigenvalue weighted by molar-refractivity contribution is 0.0607. The molecule has 0 aliphatic heterocycles. The van der Waals surface area contributed by atoms with Crippen molar-refractivity contribution in [1.82, 2.24) is 0 Å². The van der Waals surface area contributed by atoms with Gasteiger partial charge >= 0.3 is 18.2 Å². The van der Waals surface area contributed by atoms with Gasteiger partial charge in [0.2, 0.25) is 0 Å². The van der Waals surface area contributed by atoms with E-state index in [2.05, 4.69) is 0 Å². The van der Waals surface area contributed by atoms with Crippen LogP contribution in [0.2, 0.25) is 0 Å². The standard InChI is InChI=1S/C16H22INO6S/c1-4-6-8-23-15(20)18(16(21)24-9-7-5-2)11-10-12(17)25-13(11)14(19)22-3/h10H,4-9H2,1-3H3. The number of anilines is 1. The Morgan fingerprint density at radius 3 is 2.04 bits per heavy atom. The highest BCUT2D eigenvalue weighted by atomic mass is 127. The Morgan fingerprint density at radius 2 is 1.60 bits per heavy atom. The number of rotatable bonds is 8. The summed E-state index contributed by atoms with van der Waals surface area (Å²) >= 11 is 3.13. The Kier molecular flexibility index (Phi) is 9.79. The van der Waals surface area contributed by atoms with Crippen LogP contribution in [0.25, 0.3) is 0 Å². The van der Waals surface area contributed by atoms with Gasteiger partial charge in [-0.1, -0.05) is 26.7 Å². The predicted molar refractivity (Wildman–Crippen MR) is 103 cm³/mol. The molecule has 1 aromatic rings. The number of amides is 2. The van der Waals surface area contributed by atoms with Gasteiger partial charge in [0.15, 0.2) is 0 Å². The van der Waals surface area contributed by atoms with Crippen molar-refractivity contribution in [3.8, 4) is 0 Å². The zero-order chi connectivity index (χ0) is 18.8. The molecule has 0 saturated carbocycles. The molecule has 140 valence electrons. The third-order valence-corrected chi connectivity index (χ3v) is 4.97. The summed E-state index contributed by atoms with van der Waals surface area (Å²) in [6, 6.07) is 1.56. The fourth-order valence-corrected chi connectivity index (χ4v) is 3.51. The first kappa shape index (κ1) is 21.7. The molecule has 25 heavy (non-hydrogen) atoms. The molecule has 0 atom stereocenters. The van der Waals surface area contributed by atoms with Gasteiger partial charge in [0, 0.05) is 0 Å². The lowest BCUT2D eigenvalue weighted by Gasteiger charge is -2.20. The quantitative estimate of drug-likeness (QED) is 0.228. The van der Waals surface area contributed by atoms with E-state index >= 15 is 0 Å². The van der Waals surface area contributed by atoms with E-state index in [1.165, 1.54) is 7.11 Å². The molecule has 7 nitrogen and oxygen atoms in total. The van der Waals surface area contributed by atoms with Gasteiger partial charge in [-0.05, 0) is 41.5 Å². The molecule has 0 aromatic carbocycles. The molecule has 0 spiro atoms. The van der Waals surface area contributed by atoms with E-state index in [0.717, 1.165) is 32.0 Å². The Balaban J connectivity index is 3.11. The van der Waals surface area contributed by atoms with Gasteiger partial charge in [0.1, 0.15) is 4.88 Å². The molecular formula is C16H22INO6S. The fraction of sp³-hybridized carbons (Fsp3) is 0.562. The van der Waals surface area contributed by atoms with Crippen LogP contribution in [0.1, 0.15) is 49.2 Å². The first-order valence-corrected chi connectivity index (χ1v) is 9.87. The summed E-state index contributed by atoms with van der Waals surface area (Å²) in [5, 5.41) is 0. The van der Waals surface area contributed by atoms with Gasteiger partial charge in [0.25, 0.3) is 0 Å². The SMILES string of the molecule is CCCCOC(=O)N(C(=O)OCCCC)c1cc(I)sc1C(=O)OC. The maximum Gasteiger partial charge on any atom is 0.424 e. The number of thiophene rings is 1. The number of halogens is 1. The van der Waals surface area contributed by atoms with Crippen LogP contribution < -0.4 is 4.90 Å². The highest BCUT2D eigenvalue weighted by Crippen LogP contribution is 2.33. The summed E-state index contributed by atoms with van der Waals surface area (Å²) in [5.41, 5.74) is 0.115. The number of hydrogen-bond acceptors (Lipinski definition) is 7. The zero-order valence-electron chi connectivity index (χ0n) is 14.5. The van der Waals surface area contributed by atoms with E-state index in [-0.39, 0.29) is 23.8 Å². The molecule has 0 bridgehead atoms. The minimum absolute atomic E-state index is 0.115. The second kappa shape index (κ2) is 11.3. The van der Waals surface area contributed by atoms with Gasteiger partial charge < -0.3 is 14.2 Å². The highest BCUT2D eigenvalue weighted by molar-refractivity contribution is 14.1. The van der Waals surface area contributed by atoms with E-state index in [0.29, 0.717) is 12.8 Å². The van der Waals surface area contributed by atoms with Crippen molar-refractivity contribution in [2.24, 2.45) is 0 Å². The molecule has 0 N–H and O–H groups in total. The van der Waals surface area contributed by atoms with Crippen LogP contribution in [0.15, 0.2) is 6.07 Å². The van der Waals surface area contributed by atoms with Crippen LogP contribution in [0.4, 0.5) is 15.3 Å². The van der Waals surface area contributed by atoms with Crippen molar-refractivity contribution >= 4 is 57.8 Å². The number of ether oxygens (including phenoxy) is 3. The summed E-state index contributed by atoms with van der Waals surface area (Å²) < 4.78 is 15.7. The first-order valence-electron chi connectivity index (χ1n) is 7.97. The van der Waals surface area contributed by atoms with E-state index < -0.39 is 18.2 Å². The lowest BCUT2D eigenvalue weighted by Crippen LogP contribution is -2.39. The van der Waals surface area contributed by atoms with E-state index in [1.807, 2.05) is 36.4 Å². The van der Waals surface area contributed by atoms with Crippen LogP contribution in [0, 0.1) is 2.88 Å². The molecule has 9 heteroatoms. The van der Waals surface area contributed by atoms with Crippen LogP contribution >= 0.6 is 33.9 Å². The zero-order valence-corrected chi connectivity index (χ0v) is 17.5. The van der Waals surface area contributed by atoms with Crippen molar-refractivity contribution in [2.75, 3.05) is 25.2 Å². The van der Waals surface area contributed by atoms with Gasteiger partial charge in [-0.2, -0.15) is 4.90 Å². The summed E-state index contributed by atoms with van der Waals surface area (Å²) in [7, 11) is 1.24. The van der Waals surface area contributed by atoms with Crippen LogP contribution in [-0.2, 0) is 14.2 Å². The number of methoxy groups -OCH3 is 1. The normalized spacial score (nSPS) is 10.2. The molecular weight excluding hydrogens is 461 g/mol. The number of carbonyl (C=O) groups is 3.